The number of nitrogens with one attached hydrogen (secondary N) is 2. The summed E-state index contributed by atoms with van der Waals surface area (Å²) in [6.45, 7) is 4.25. The highest BCUT2D eigenvalue weighted by Crippen LogP contribution is 1.95. The van der Waals surface area contributed by atoms with E-state index in [1.807, 2.05) is 21.1 Å². The number of carbonyl (C=O) groups excluding carboxylic acids is 1. The third-order valence-electron chi connectivity index (χ3n) is 2.60. The van der Waals surface area contributed by atoms with E-state index in [-0.39, 0.29) is 11.9 Å². The minimum Gasteiger partial charge on any atom is -0.343 e. The average Bonchev–Trinajstić information content (AvgIpc) is 2.26. The molecular weight excluding hydrogens is 192 g/mol. The number of carbonyl (C=O) groups is 1. The Bertz CT molecular complexity index is 202. The number of rotatable bonds is 4. The maximum Gasteiger partial charge on any atom is 0.240 e. The lowest BCUT2D eigenvalue weighted by Crippen LogP contribution is -2.56. The van der Waals surface area contributed by atoms with Gasteiger partial charge >= 0.3 is 0 Å². The Morgan fingerprint density at radius 1 is 1.27 bits per heavy atom. The number of likely N-dealkylation sites (N-methyl/N-ethyl adjacent to an activating group) is 2. The van der Waals surface area contributed by atoms with Crippen LogP contribution in [0.1, 0.15) is 0 Å². The number of piperazine rings is 1. The van der Waals surface area contributed by atoms with Gasteiger partial charge < -0.3 is 20.4 Å². The second-order valence-electron chi connectivity index (χ2n) is 4.27. The van der Waals surface area contributed by atoms with E-state index in [4.69, 9.17) is 0 Å². The first-order valence-electron chi connectivity index (χ1n) is 5.45. The van der Waals surface area contributed by atoms with Gasteiger partial charge in [0.2, 0.25) is 5.91 Å². The van der Waals surface area contributed by atoms with Crippen molar-refractivity contribution in [2.45, 2.75) is 6.04 Å². The highest BCUT2D eigenvalue weighted by molar-refractivity contribution is 5.82. The fraction of sp³-hybridized carbons (Fsp3) is 0.900. The minimum absolute atomic E-state index is 0.0501. The lowest BCUT2D eigenvalue weighted by molar-refractivity contribution is -0.132. The molecule has 1 atom stereocenters. The zero-order valence-electron chi connectivity index (χ0n) is 9.92. The Labute approximate surface area is 91.8 Å². The number of hydrogen-bond donors (Lipinski definition) is 2. The van der Waals surface area contributed by atoms with Gasteiger partial charge in [-0.05, 0) is 14.1 Å². The second kappa shape index (κ2) is 6.05. The van der Waals surface area contributed by atoms with E-state index >= 15 is 0 Å². The Morgan fingerprint density at radius 2 is 2.00 bits per heavy atom. The van der Waals surface area contributed by atoms with Crippen molar-refractivity contribution >= 4 is 5.91 Å². The number of amides is 1. The summed E-state index contributed by atoms with van der Waals surface area (Å²) >= 11 is 0. The van der Waals surface area contributed by atoms with Crippen molar-refractivity contribution in [1.82, 2.24) is 20.4 Å². The molecule has 0 aromatic heterocycles. The number of hydrogen-bond acceptors (Lipinski definition) is 4. The van der Waals surface area contributed by atoms with E-state index in [2.05, 4.69) is 15.5 Å². The second-order valence-corrected chi connectivity index (χ2v) is 4.27. The molecule has 0 spiro atoms. The fourth-order valence-corrected chi connectivity index (χ4v) is 1.55. The monoisotopic (exact) mass is 214 g/mol. The smallest absolute Gasteiger partial charge is 0.240 e. The van der Waals surface area contributed by atoms with Crippen LogP contribution >= 0.6 is 0 Å². The highest BCUT2D eigenvalue weighted by atomic mass is 16.2. The van der Waals surface area contributed by atoms with Crippen molar-refractivity contribution in [3.63, 3.8) is 0 Å². The molecule has 0 aromatic rings. The minimum atomic E-state index is -0.0501. The fourth-order valence-electron chi connectivity index (χ4n) is 1.55. The largest absolute Gasteiger partial charge is 0.343 e. The van der Waals surface area contributed by atoms with Gasteiger partial charge in [-0.25, -0.2) is 0 Å². The molecule has 1 rings (SSSR count). The molecule has 2 N–H and O–H groups in total. The summed E-state index contributed by atoms with van der Waals surface area (Å²) in [6, 6.07) is -0.0501. The zero-order chi connectivity index (χ0) is 11.3. The van der Waals surface area contributed by atoms with Gasteiger partial charge in [-0.2, -0.15) is 0 Å². The maximum atomic E-state index is 11.9. The first-order valence-corrected chi connectivity index (χ1v) is 5.45. The molecule has 88 valence electrons. The zero-order valence-corrected chi connectivity index (χ0v) is 9.92. The highest BCUT2D eigenvalue weighted by Gasteiger charge is 2.22. The third-order valence-corrected chi connectivity index (χ3v) is 2.60. The predicted molar refractivity (Wildman–Crippen MR) is 60.9 cm³/mol. The first-order chi connectivity index (χ1) is 7.11. The van der Waals surface area contributed by atoms with E-state index in [1.165, 1.54) is 0 Å². The van der Waals surface area contributed by atoms with Crippen molar-refractivity contribution in [2.24, 2.45) is 0 Å². The van der Waals surface area contributed by atoms with Crippen LogP contribution in [0.3, 0.4) is 0 Å². The standard InChI is InChI=1S/C10H22N4O/c1-13(2)6-7-14(3)10(15)9-8-11-4-5-12-9/h9,11-12H,4-8H2,1-3H3. The summed E-state index contributed by atoms with van der Waals surface area (Å²) < 4.78 is 0. The molecule has 1 amide bonds. The molecule has 1 aliphatic heterocycles. The van der Waals surface area contributed by atoms with Crippen LogP contribution in [-0.4, -0.2) is 75.6 Å². The first kappa shape index (κ1) is 12.4. The maximum absolute atomic E-state index is 11.9. The molecule has 0 aromatic carbocycles. The van der Waals surface area contributed by atoms with E-state index in [9.17, 15) is 4.79 Å². The molecule has 0 bridgehead atoms. The van der Waals surface area contributed by atoms with Crippen LogP contribution in [0.2, 0.25) is 0 Å². The van der Waals surface area contributed by atoms with E-state index in [0.717, 1.165) is 32.7 Å². The van der Waals surface area contributed by atoms with Crippen molar-refractivity contribution in [1.29, 1.82) is 0 Å². The van der Waals surface area contributed by atoms with Gasteiger partial charge in [0, 0.05) is 39.8 Å². The van der Waals surface area contributed by atoms with Crippen molar-refractivity contribution in [3.8, 4) is 0 Å². The van der Waals surface area contributed by atoms with Crippen molar-refractivity contribution in [3.05, 3.63) is 0 Å². The molecule has 15 heavy (non-hydrogen) atoms. The topological polar surface area (TPSA) is 47.6 Å². The average molecular weight is 214 g/mol. The normalized spacial score (nSPS) is 21.7. The molecule has 5 heteroatoms. The summed E-state index contributed by atoms with van der Waals surface area (Å²) in [5, 5.41) is 6.44. The van der Waals surface area contributed by atoms with E-state index in [1.54, 1.807) is 4.90 Å². The molecule has 1 heterocycles. The van der Waals surface area contributed by atoms with Crippen LogP contribution < -0.4 is 10.6 Å². The van der Waals surface area contributed by atoms with E-state index < -0.39 is 0 Å². The molecule has 1 fully saturated rings. The molecule has 0 saturated carbocycles. The Balaban J connectivity index is 2.30. The molecule has 0 aliphatic carbocycles. The van der Waals surface area contributed by atoms with Crippen LogP contribution in [-0.2, 0) is 4.79 Å². The summed E-state index contributed by atoms with van der Waals surface area (Å²) in [5.74, 6) is 0.184. The van der Waals surface area contributed by atoms with Gasteiger partial charge in [-0.1, -0.05) is 0 Å². The molecular formula is C10H22N4O. The van der Waals surface area contributed by atoms with E-state index in [0.29, 0.717) is 0 Å². The van der Waals surface area contributed by atoms with Crippen LogP contribution in [0.25, 0.3) is 0 Å². The van der Waals surface area contributed by atoms with Crippen LogP contribution in [0.5, 0.6) is 0 Å². The summed E-state index contributed by atoms with van der Waals surface area (Å²) in [5.41, 5.74) is 0. The van der Waals surface area contributed by atoms with Gasteiger partial charge in [-0.3, -0.25) is 4.79 Å². The van der Waals surface area contributed by atoms with Crippen LogP contribution in [0.4, 0.5) is 0 Å². The Hall–Kier alpha value is -0.650. The lowest BCUT2D eigenvalue weighted by Gasteiger charge is -2.28. The van der Waals surface area contributed by atoms with Gasteiger partial charge in [-0.15, -0.1) is 0 Å². The van der Waals surface area contributed by atoms with Gasteiger partial charge in [0.05, 0.1) is 6.04 Å². The SMILES string of the molecule is CN(C)CCN(C)C(=O)C1CNCCN1. The predicted octanol–water partition coefficient (Wildman–Crippen LogP) is -1.43. The number of nitrogens with zero attached hydrogens (tertiary/aromatic N) is 2. The lowest BCUT2D eigenvalue weighted by atomic mass is 10.2. The quantitative estimate of drug-likeness (QED) is 0.602. The Morgan fingerprint density at radius 3 is 2.53 bits per heavy atom. The summed E-state index contributed by atoms with van der Waals surface area (Å²) in [7, 11) is 5.89. The summed E-state index contributed by atoms with van der Waals surface area (Å²) in [4.78, 5) is 15.8. The van der Waals surface area contributed by atoms with Crippen LogP contribution in [0, 0.1) is 0 Å². The Kier molecular flexibility index (Phi) is 5.01. The molecule has 0 radical (unpaired) electrons. The van der Waals surface area contributed by atoms with Crippen molar-refractivity contribution < 1.29 is 4.79 Å². The van der Waals surface area contributed by atoms with Gasteiger partial charge in [0.1, 0.15) is 0 Å². The van der Waals surface area contributed by atoms with Crippen LogP contribution in [0.15, 0.2) is 0 Å². The van der Waals surface area contributed by atoms with Gasteiger partial charge in [0.25, 0.3) is 0 Å². The third kappa shape index (κ3) is 4.15. The molecule has 1 aliphatic rings. The van der Waals surface area contributed by atoms with Gasteiger partial charge in [0.15, 0.2) is 0 Å². The van der Waals surface area contributed by atoms with Crippen molar-refractivity contribution in [2.75, 3.05) is 53.9 Å². The molecule has 5 nitrogen and oxygen atoms in total. The molecule has 1 unspecified atom stereocenters. The molecule has 1 saturated heterocycles. The summed E-state index contributed by atoms with van der Waals surface area (Å²) in [6.07, 6.45) is 0.